The summed E-state index contributed by atoms with van der Waals surface area (Å²) in [6.07, 6.45) is 1.85. The molecule has 1 aliphatic heterocycles. The molecule has 0 aromatic rings. The van der Waals surface area contributed by atoms with E-state index in [1.807, 2.05) is 11.8 Å². The first kappa shape index (κ1) is 13.0. The molecular weight excluding hydrogens is 202 g/mol. The number of nitrogens with zero attached hydrogens (tertiary/aromatic N) is 2. The van der Waals surface area contributed by atoms with E-state index in [0.717, 1.165) is 19.4 Å². The highest BCUT2D eigenvalue weighted by Gasteiger charge is 2.42. The van der Waals surface area contributed by atoms with Gasteiger partial charge in [0.25, 0.3) is 0 Å². The maximum atomic E-state index is 12.1. The fraction of sp³-hybridized carbons (Fsp3) is 0.833. The standard InChI is InChI=1S/C12H23N3O/c1-5-7-14-10(9(3)4)11(13)15(8-6-2)12(14)16/h9-10,13H,5-8H2,1-4H3. The van der Waals surface area contributed by atoms with Crippen LogP contribution in [0.2, 0.25) is 0 Å². The highest BCUT2D eigenvalue weighted by molar-refractivity contribution is 6.05. The van der Waals surface area contributed by atoms with Gasteiger partial charge in [-0.25, -0.2) is 4.79 Å². The number of nitrogens with one attached hydrogen (secondary N) is 1. The van der Waals surface area contributed by atoms with Crippen LogP contribution in [0.15, 0.2) is 0 Å². The molecule has 1 aliphatic rings. The molecule has 0 aromatic heterocycles. The van der Waals surface area contributed by atoms with Gasteiger partial charge >= 0.3 is 6.03 Å². The molecule has 0 saturated carbocycles. The number of rotatable bonds is 5. The minimum absolute atomic E-state index is 0.0207. The van der Waals surface area contributed by atoms with Crippen molar-refractivity contribution in [2.75, 3.05) is 13.1 Å². The second-order valence-corrected chi connectivity index (χ2v) is 4.70. The fourth-order valence-electron chi connectivity index (χ4n) is 2.28. The molecule has 1 rings (SSSR count). The van der Waals surface area contributed by atoms with E-state index in [-0.39, 0.29) is 12.1 Å². The van der Waals surface area contributed by atoms with E-state index < -0.39 is 0 Å². The normalized spacial score (nSPS) is 21.4. The van der Waals surface area contributed by atoms with Crippen molar-refractivity contribution in [2.45, 2.75) is 46.6 Å². The Morgan fingerprint density at radius 2 is 1.81 bits per heavy atom. The molecule has 4 nitrogen and oxygen atoms in total. The van der Waals surface area contributed by atoms with E-state index in [1.165, 1.54) is 0 Å². The van der Waals surface area contributed by atoms with E-state index in [1.54, 1.807) is 4.90 Å². The Labute approximate surface area is 98.1 Å². The number of hydrogen-bond acceptors (Lipinski definition) is 2. The lowest BCUT2D eigenvalue weighted by Crippen LogP contribution is -2.39. The molecule has 4 heteroatoms. The van der Waals surface area contributed by atoms with Gasteiger partial charge in [-0.05, 0) is 18.8 Å². The largest absolute Gasteiger partial charge is 0.326 e. The molecule has 0 spiro atoms. The Morgan fingerprint density at radius 1 is 1.25 bits per heavy atom. The highest BCUT2D eigenvalue weighted by atomic mass is 16.2. The molecule has 2 amide bonds. The Hall–Kier alpha value is -1.06. The zero-order chi connectivity index (χ0) is 12.3. The predicted octanol–water partition coefficient (Wildman–Crippen LogP) is 2.55. The molecular formula is C12H23N3O. The summed E-state index contributed by atoms with van der Waals surface area (Å²) in [5.41, 5.74) is 0. The third-order valence-corrected chi connectivity index (χ3v) is 2.93. The molecule has 1 N–H and O–H groups in total. The predicted molar refractivity (Wildman–Crippen MR) is 65.7 cm³/mol. The SMILES string of the molecule is CCCN1C(=N)C(C(C)C)N(CCC)C1=O. The minimum atomic E-state index is -0.0287. The van der Waals surface area contributed by atoms with Crippen molar-refractivity contribution >= 4 is 11.9 Å². The van der Waals surface area contributed by atoms with Crippen LogP contribution in [0, 0.1) is 11.3 Å². The van der Waals surface area contributed by atoms with Crippen molar-refractivity contribution in [1.29, 1.82) is 5.41 Å². The van der Waals surface area contributed by atoms with Crippen LogP contribution in [0.4, 0.5) is 4.79 Å². The van der Waals surface area contributed by atoms with Crippen LogP contribution in [0.3, 0.4) is 0 Å². The summed E-state index contributed by atoms with van der Waals surface area (Å²) < 4.78 is 0. The van der Waals surface area contributed by atoms with Gasteiger partial charge in [0.1, 0.15) is 5.84 Å². The molecule has 1 fully saturated rings. The summed E-state index contributed by atoms with van der Waals surface area (Å²) in [6.45, 7) is 9.67. The van der Waals surface area contributed by atoms with Gasteiger partial charge in [0.15, 0.2) is 0 Å². The van der Waals surface area contributed by atoms with Crippen LogP contribution in [0.25, 0.3) is 0 Å². The molecule has 0 aliphatic carbocycles. The lowest BCUT2D eigenvalue weighted by Gasteiger charge is -2.24. The van der Waals surface area contributed by atoms with E-state index in [2.05, 4.69) is 20.8 Å². The van der Waals surface area contributed by atoms with Crippen molar-refractivity contribution in [3.05, 3.63) is 0 Å². The van der Waals surface area contributed by atoms with Gasteiger partial charge in [-0.2, -0.15) is 0 Å². The summed E-state index contributed by atoms with van der Waals surface area (Å²) in [4.78, 5) is 15.6. The first-order valence-corrected chi connectivity index (χ1v) is 6.21. The molecule has 1 unspecified atom stereocenters. The van der Waals surface area contributed by atoms with Gasteiger partial charge < -0.3 is 4.90 Å². The zero-order valence-electron chi connectivity index (χ0n) is 10.8. The third kappa shape index (κ3) is 2.20. The molecule has 1 heterocycles. The average molecular weight is 225 g/mol. The summed E-state index contributed by atoms with van der Waals surface area (Å²) >= 11 is 0. The Morgan fingerprint density at radius 3 is 2.25 bits per heavy atom. The Balaban J connectivity index is 2.90. The number of urea groups is 1. The molecule has 16 heavy (non-hydrogen) atoms. The topological polar surface area (TPSA) is 47.4 Å². The number of hydrogen-bond donors (Lipinski definition) is 1. The van der Waals surface area contributed by atoms with Crippen LogP contribution in [-0.2, 0) is 0 Å². The van der Waals surface area contributed by atoms with Crippen LogP contribution in [0.5, 0.6) is 0 Å². The van der Waals surface area contributed by atoms with Crippen molar-refractivity contribution < 1.29 is 4.79 Å². The second-order valence-electron chi connectivity index (χ2n) is 4.70. The molecule has 0 radical (unpaired) electrons. The van der Waals surface area contributed by atoms with Gasteiger partial charge in [0.2, 0.25) is 0 Å². The first-order valence-electron chi connectivity index (χ1n) is 6.21. The van der Waals surface area contributed by atoms with Crippen LogP contribution >= 0.6 is 0 Å². The van der Waals surface area contributed by atoms with Crippen molar-refractivity contribution in [3.63, 3.8) is 0 Å². The van der Waals surface area contributed by atoms with Gasteiger partial charge in [-0.3, -0.25) is 10.3 Å². The van der Waals surface area contributed by atoms with Crippen molar-refractivity contribution in [2.24, 2.45) is 5.92 Å². The lowest BCUT2D eigenvalue weighted by atomic mass is 10.0. The van der Waals surface area contributed by atoms with Gasteiger partial charge in [0, 0.05) is 13.1 Å². The number of amides is 2. The van der Waals surface area contributed by atoms with E-state index in [0.29, 0.717) is 18.3 Å². The summed E-state index contributed by atoms with van der Waals surface area (Å²) in [5.74, 6) is 0.792. The van der Waals surface area contributed by atoms with Crippen molar-refractivity contribution in [3.8, 4) is 0 Å². The number of amidine groups is 1. The van der Waals surface area contributed by atoms with Gasteiger partial charge in [0.05, 0.1) is 6.04 Å². The minimum Gasteiger partial charge on any atom is -0.314 e. The molecule has 0 bridgehead atoms. The first-order chi connectivity index (χ1) is 7.54. The molecule has 1 atom stereocenters. The monoisotopic (exact) mass is 225 g/mol. The van der Waals surface area contributed by atoms with E-state index >= 15 is 0 Å². The average Bonchev–Trinajstić information content (AvgIpc) is 2.44. The Bertz CT molecular complexity index is 275. The fourth-order valence-corrected chi connectivity index (χ4v) is 2.28. The van der Waals surface area contributed by atoms with Gasteiger partial charge in [-0.15, -0.1) is 0 Å². The zero-order valence-corrected chi connectivity index (χ0v) is 10.8. The lowest BCUT2D eigenvalue weighted by molar-refractivity contribution is 0.179. The molecule has 92 valence electrons. The summed E-state index contributed by atoms with van der Waals surface area (Å²) in [6, 6.07) is -0.00796. The van der Waals surface area contributed by atoms with E-state index in [4.69, 9.17) is 5.41 Å². The smallest absolute Gasteiger partial charge is 0.314 e. The Kier molecular flexibility index (Phi) is 4.33. The summed E-state index contributed by atoms with van der Waals surface area (Å²) in [5, 5.41) is 8.10. The van der Waals surface area contributed by atoms with E-state index in [9.17, 15) is 4.79 Å². The van der Waals surface area contributed by atoms with Crippen LogP contribution in [0.1, 0.15) is 40.5 Å². The quantitative estimate of drug-likeness (QED) is 0.768. The highest BCUT2D eigenvalue weighted by Crippen LogP contribution is 2.24. The second kappa shape index (κ2) is 5.32. The number of carbonyl (C=O) groups excluding carboxylic acids is 1. The van der Waals surface area contributed by atoms with Crippen molar-refractivity contribution in [1.82, 2.24) is 9.80 Å². The number of carbonyl (C=O) groups is 1. The molecule has 0 aromatic carbocycles. The summed E-state index contributed by atoms with van der Waals surface area (Å²) in [7, 11) is 0. The maximum absolute atomic E-state index is 12.1. The van der Waals surface area contributed by atoms with Crippen LogP contribution < -0.4 is 0 Å². The third-order valence-electron chi connectivity index (χ3n) is 2.93. The van der Waals surface area contributed by atoms with Gasteiger partial charge in [-0.1, -0.05) is 27.7 Å². The van der Waals surface area contributed by atoms with Crippen LogP contribution in [-0.4, -0.2) is 40.8 Å². The maximum Gasteiger partial charge on any atom is 0.326 e. The molecule has 1 saturated heterocycles.